The molecule has 0 spiro atoms. The predicted molar refractivity (Wildman–Crippen MR) is 70.3 cm³/mol. The van der Waals surface area contributed by atoms with Gasteiger partial charge in [0.05, 0.1) is 5.56 Å². The monoisotopic (exact) mass is 238 g/mol. The van der Waals surface area contributed by atoms with E-state index >= 15 is 0 Å². The Balaban J connectivity index is 2.22. The van der Waals surface area contributed by atoms with Gasteiger partial charge in [-0.2, -0.15) is 5.26 Å². The fourth-order valence-electron chi connectivity index (χ4n) is 1.61. The van der Waals surface area contributed by atoms with Crippen molar-refractivity contribution in [2.24, 2.45) is 5.73 Å². The normalized spacial score (nSPS) is 11.6. The number of benzene rings is 2. The van der Waals surface area contributed by atoms with Crippen molar-refractivity contribution in [2.45, 2.75) is 13.0 Å². The van der Waals surface area contributed by atoms with Gasteiger partial charge in [-0.25, -0.2) is 0 Å². The molecule has 0 saturated carbocycles. The first-order chi connectivity index (χ1) is 8.70. The highest BCUT2D eigenvalue weighted by atomic mass is 16.5. The molecule has 0 aromatic heterocycles. The molecular formula is C15H14N2O. The van der Waals surface area contributed by atoms with E-state index < -0.39 is 0 Å². The number of nitrogens with zero attached hydrogens (tertiary/aromatic N) is 1. The molecule has 2 aromatic rings. The molecule has 0 unspecified atom stereocenters. The highest BCUT2D eigenvalue weighted by Gasteiger charge is 2.04. The van der Waals surface area contributed by atoms with Gasteiger partial charge in [0.25, 0.3) is 0 Å². The fourth-order valence-corrected chi connectivity index (χ4v) is 1.61. The van der Waals surface area contributed by atoms with Crippen molar-refractivity contribution in [1.29, 1.82) is 5.26 Å². The number of hydrogen-bond donors (Lipinski definition) is 1. The van der Waals surface area contributed by atoms with Crippen molar-refractivity contribution in [1.82, 2.24) is 0 Å². The molecule has 18 heavy (non-hydrogen) atoms. The second-order valence-electron chi connectivity index (χ2n) is 4.07. The topological polar surface area (TPSA) is 59.0 Å². The van der Waals surface area contributed by atoms with Gasteiger partial charge in [0.2, 0.25) is 0 Å². The van der Waals surface area contributed by atoms with Crippen LogP contribution in [0.2, 0.25) is 0 Å². The third kappa shape index (κ3) is 2.68. The first-order valence-electron chi connectivity index (χ1n) is 5.73. The van der Waals surface area contributed by atoms with Crippen LogP contribution in [0.4, 0.5) is 0 Å². The highest BCUT2D eigenvalue weighted by Crippen LogP contribution is 2.25. The van der Waals surface area contributed by atoms with Gasteiger partial charge < -0.3 is 10.5 Å². The van der Waals surface area contributed by atoms with E-state index in [1.54, 1.807) is 12.1 Å². The molecule has 0 aliphatic heterocycles. The summed E-state index contributed by atoms with van der Waals surface area (Å²) in [5.74, 6) is 1.26. The average Bonchev–Trinajstić information content (AvgIpc) is 2.40. The van der Waals surface area contributed by atoms with E-state index in [2.05, 4.69) is 6.07 Å². The second kappa shape index (κ2) is 5.35. The molecule has 1 atom stereocenters. The zero-order chi connectivity index (χ0) is 13.0. The summed E-state index contributed by atoms with van der Waals surface area (Å²) >= 11 is 0. The van der Waals surface area contributed by atoms with Crippen LogP contribution in [0.1, 0.15) is 24.1 Å². The van der Waals surface area contributed by atoms with Crippen molar-refractivity contribution in [3.63, 3.8) is 0 Å². The molecule has 3 nitrogen and oxygen atoms in total. The van der Waals surface area contributed by atoms with E-state index in [-0.39, 0.29) is 6.04 Å². The minimum absolute atomic E-state index is 0.00504. The van der Waals surface area contributed by atoms with Gasteiger partial charge in [-0.05, 0) is 36.8 Å². The minimum Gasteiger partial charge on any atom is -0.456 e. The lowest BCUT2D eigenvalue weighted by Gasteiger charge is -2.09. The zero-order valence-electron chi connectivity index (χ0n) is 10.1. The first-order valence-corrected chi connectivity index (χ1v) is 5.73. The van der Waals surface area contributed by atoms with Crippen LogP contribution in [0, 0.1) is 11.3 Å². The van der Waals surface area contributed by atoms with Gasteiger partial charge in [-0.1, -0.05) is 24.3 Å². The fraction of sp³-hybridized carbons (Fsp3) is 0.133. The van der Waals surface area contributed by atoms with Crippen LogP contribution in [0.15, 0.2) is 48.5 Å². The van der Waals surface area contributed by atoms with Crippen molar-refractivity contribution in [3.05, 3.63) is 59.7 Å². The van der Waals surface area contributed by atoms with Crippen molar-refractivity contribution >= 4 is 0 Å². The zero-order valence-corrected chi connectivity index (χ0v) is 10.1. The minimum atomic E-state index is 0.00504. The molecule has 0 aliphatic rings. The molecule has 2 aromatic carbocycles. The largest absolute Gasteiger partial charge is 0.456 e. The van der Waals surface area contributed by atoms with Crippen LogP contribution >= 0.6 is 0 Å². The second-order valence-corrected chi connectivity index (χ2v) is 4.07. The SMILES string of the molecule is C[C@@H](N)c1ccc(Oc2ccccc2C#N)cc1. The highest BCUT2D eigenvalue weighted by molar-refractivity contribution is 5.45. The van der Waals surface area contributed by atoms with Gasteiger partial charge in [0.1, 0.15) is 17.6 Å². The Labute approximate surface area is 106 Å². The van der Waals surface area contributed by atoms with Crippen LogP contribution in [0.5, 0.6) is 11.5 Å². The molecule has 2 rings (SSSR count). The van der Waals surface area contributed by atoms with E-state index in [0.717, 1.165) is 5.56 Å². The summed E-state index contributed by atoms with van der Waals surface area (Å²) in [7, 11) is 0. The number of rotatable bonds is 3. The van der Waals surface area contributed by atoms with E-state index in [0.29, 0.717) is 17.1 Å². The molecule has 3 heteroatoms. The van der Waals surface area contributed by atoms with Crippen molar-refractivity contribution in [2.75, 3.05) is 0 Å². The maximum absolute atomic E-state index is 8.97. The number of nitriles is 1. The molecule has 0 heterocycles. The van der Waals surface area contributed by atoms with Crippen LogP contribution in [0.25, 0.3) is 0 Å². The third-order valence-electron chi connectivity index (χ3n) is 2.64. The number of para-hydroxylation sites is 1. The molecule has 0 bridgehead atoms. The van der Waals surface area contributed by atoms with Gasteiger partial charge in [0.15, 0.2) is 0 Å². The number of hydrogen-bond acceptors (Lipinski definition) is 3. The Morgan fingerprint density at radius 1 is 1.11 bits per heavy atom. The maximum atomic E-state index is 8.97. The summed E-state index contributed by atoms with van der Waals surface area (Å²) in [5, 5.41) is 8.97. The molecule has 0 aliphatic carbocycles. The summed E-state index contributed by atoms with van der Waals surface area (Å²) in [6.07, 6.45) is 0. The molecular weight excluding hydrogens is 224 g/mol. The van der Waals surface area contributed by atoms with Crippen molar-refractivity contribution < 1.29 is 4.74 Å². The Hall–Kier alpha value is -2.31. The molecule has 0 saturated heterocycles. The lowest BCUT2D eigenvalue weighted by molar-refractivity contribution is 0.480. The van der Waals surface area contributed by atoms with Crippen LogP contribution in [0.3, 0.4) is 0 Å². The van der Waals surface area contributed by atoms with Crippen molar-refractivity contribution in [3.8, 4) is 17.6 Å². The third-order valence-corrected chi connectivity index (χ3v) is 2.64. The van der Waals surface area contributed by atoms with Gasteiger partial charge in [-0.3, -0.25) is 0 Å². The van der Waals surface area contributed by atoms with E-state index in [4.69, 9.17) is 15.7 Å². The predicted octanol–water partition coefficient (Wildman–Crippen LogP) is 3.37. The van der Waals surface area contributed by atoms with E-state index in [9.17, 15) is 0 Å². The standard InChI is InChI=1S/C15H14N2O/c1-11(17)12-6-8-14(9-7-12)18-15-5-3-2-4-13(15)10-16/h2-9,11H,17H2,1H3/t11-/m1/s1. The first kappa shape index (κ1) is 12.2. The Morgan fingerprint density at radius 2 is 1.78 bits per heavy atom. The molecule has 90 valence electrons. The maximum Gasteiger partial charge on any atom is 0.145 e. The summed E-state index contributed by atoms with van der Waals surface area (Å²) in [5.41, 5.74) is 7.35. The van der Waals surface area contributed by atoms with Gasteiger partial charge >= 0.3 is 0 Å². The van der Waals surface area contributed by atoms with E-state index in [1.807, 2.05) is 43.3 Å². The molecule has 0 fully saturated rings. The Kier molecular flexibility index (Phi) is 3.61. The smallest absolute Gasteiger partial charge is 0.145 e. The average molecular weight is 238 g/mol. The quantitative estimate of drug-likeness (QED) is 0.891. The summed E-state index contributed by atoms with van der Waals surface area (Å²) in [6, 6.07) is 16.8. The molecule has 0 radical (unpaired) electrons. The Bertz CT molecular complexity index is 568. The summed E-state index contributed by atoms with van der Waals surface area (Å²) in [4.78, 5) is 0. The lowest BCUT2D eigenvalue weighted by Crippen LogP contribution is -2.04. The van der Waals surface area contributed by atoms with Crippen LogP contribution in [-0.2, 0) is 0 Å². The molecule has 0 amide bonds. The molecule has 2 N–H and O–H groups in total. The summed E-state index contributed by atoms with van der Waals surface area (Å²) in [6.45, 7) is 1.93. The van der Waals surface area contributed by atoms with Crippen LogP contribution < -0.4 is 10.5 Å². The number of nitrogens with two attached hydrogens (primary N) is 1. The van der Waals surface area contributed by atoms with Gasteiger partial charge in [0, 0.05) is 6.04 Å². The Morgan fingerprint density at radius 3 is 2.39 bits per heavy atom. The lowest BCUT2D eigenvalue weighted by atomic mass is 10.1. The van der Waals surface area contributed by atoms with E-state index in [1.165, 1.54) is 0 Å². The number of ether oxygens (including phenoxy) is 1. The summed E-state index contributed by atoms with van der Waals surface area (Å²) < 4.78 is 5.67. The van der Waals surface area contributed by atoms with Gasteiger partial charge in [-0.15, -0.1) is 0 Å². The van der Waals surface area contributed by atoms with Crippen LogP contribution in [-0.4, -0.2) is 0 Å².